The van der Waals surface area contributed by atoms with Crippen LogP contribution < -0.4 is 0 Å². The molecule has 0 atom stereocenters. The number of aromatic amines is 1. The Morgan fingerprint density at radius 1 is 1.00 bits per heavy atom. The molecule has 170 valence electrons. The van der Waals surface area contributed by atoms with Gasteiger partial charge in [0.1, 0.15) is 5.65 Å². The SMILES string of the molecule is Cc1ncccc1-c1cnc2[nH]cc(-c3ccn4ncc(C(=O)N5CCN(C)CC5)c4c3)c2c1. The molecule has 1 amide bonds. The van der Waals surface area contributed by atoms with E-state index in [2.05, 4.69) is 44.1 Å². The number of hydrogen-bond acceptors (Lipinski definition) is 5. The minimum absolute atomic E-state index is 0.0372. The third kappa shape index (κ3) is 3.43. The molecular formula is C26H25N7O. The number of aryl methyl sites for hydroxylation is 1. The Morgan fingerprint density at radius 2 is 1.85 bits per heavy atom. The molecule has 8 nitrogen and oxygen atoms in total. The van der Waals surface area contributed by atoms with Crippen molar-refractivity contribution in [2.75, 3.05) is 33.2 Å². The zero-order valence-corrected chi connectivity index (χ0v) is 19.2. The molecule has 1 aliphatic heterocycles. The van der Waals surface area contributed by atoms with E-state index in [0.717, 1.165) is 70.7 Å². The summed E-state index contributed by atoms with van der Waals surface area (Å²) < 4.78 is 1.77. The summed E-state index contributed by atoms with van der Waals surface area (Å²) >= 11 is 0. The van der Waals surface area contributed by atoms with Crippen LogP contribution in [-0.4, -0.2) is 73.5 Å². The second-order valence-corrected chi connectivity index (χ2v) is 8.86. The molecule has 0 saturated carbocycles. The predicted octanol–water partition coefficient (Wildman–Crippen LogP) is 3.64. The Bertz CT molecular complexity index is 1530. The Balaban J connectivity index is 1.41. The maximum absolute atomic E-state index is 13.3. The predicted molar refractivity (Wildman–Crippen MR) is 132 cm³/mol. The van der Waals surface area contributed by atoms with Crippen LogP contribution in [0.5, 0.6) is 0 Å². The zero-order valence-electron chi connectivity index (χ0n) is 19.2. The van der Waals surface area contributed by atoms with Crippen molar-refractivity contribution in [3.8, 4) is 22.3 Å². The van der Waals surface area contributed by atoms with E-state index in [1.807, 2.05) is 48.6 Å². The van der Waals surface area contributed by atoms with Gasteiger partial charge in [-0.15, -0.1) is 0 Å². The van der Waals surface area contributed by atoms with Gasteiger partial charge in [0.15, 0.2) is 0 Å². The van der Waals surface area contributed by atoms with Crippen molar-refractivity contribution < 1.29 is 4.79 Å². The topological polar surface area (TPSA) is 82.4 Å². The molecule has 5 aromatic heterocycles. The van der Waals surface area contributed by atoms with Crippen molar-refractivity contribution in [3.63, 3.8) is 0 Å². The lowest BCUT2D eigenvalue weighted by Crippen LogP contribution is -2.47. The van der Waals surface area contributed by atoms with Gasteiger partial charge in [0.05, 0.1) is 17.3 Å². The number of hydrogen-bond donors (Lipinski definition) is 1. The van der Waals surface area contributed by atoms with Crippen LogP contribution in [0.4, 0.5) is 0 Å². The fraction of sp³-hybridized carbons (Fsp3) is 0.231. The van der Waals surface area contributed by atoms with Crippen LogP contribution in [0.2, 0.25) is 0 Å². The second kappa shape index (κ2) is 8.07. The molecule has 6 heterocycles. The molecule has 34 heavy (non-hydrogen) atoms. The smallest absolute Gasteiger partial charge is 0.257 e. The summed E-state index contributed by atoms with van der Waals surface area (Å²) in [6.07, 6.45) is 9.24. The molecular weight excluding hydrogens is 426 g/mol. The van der Waals surface area contributed by atoms with Gasteiger partial charge in [-0.2, -0.15) is 5.10 Å². The van der Waals surface area contributed by atoms with Crippen LogP contribution in [0, 0.1) is 6.92 Å². The third-order valence-electron chi connectivity index (χ3n) is 6.70. The quantitative estimate of drug-likeness (QED) is 0.453. The molecule has 1 fully saturated rings. The van der Waals surface area contributed by atoms with E-state index in [9.17, 15) is 4.79 Å². The van der Waals surface area contributed by atoms with E-state index in [-0.39, 0.29) is 5.91 Å². The maximum atomic E-state index is 13.3. The monoisotopic (exact) mass is 451 g/mol. The number of carbonyl (C=O) groups excluding carboxylic acids is 1. The first-order valence-electron chi connectivity index (χ1n) is 11.4. The number of rotatable bonds is 3. The van der Waals surface area contributed by atoms with Gasteiger partial charge in [0.25, 0.3) is 5.91 Å². The molecule has 0 radical (unpaired) electrons. The molecule has 0 unspecified atom stereocenters. The minimum atomic E-state index is 0.0372. The largest absolute Gasteiger partial charge is 0.346 e. The zero-order chi connectivity index (χ0) is 23.2. The Morgan fingerprint density at radius 3 is 2.68 bits per heavy atom. The first-order chi connectivity index (χ1) is 16.6. The lowest BCUT2D eigenvalue weighted by Gasteiger charge is -2.32. The summed E-state index contributed by atoms with van der Waals surface area (Å²) in [6.45, 7) is 5.24. The highest BCUT2D eigenvalue weighted by Gasteiger charge is 2.23. The van der Waals surface area contributed by atoms with E-state index in [0.29, 0.717) is 5.56 Å². The van der Waals surface area contributed by atoms with Crippen molar-refractivity contribution in [1.29, 1.82) is 0 Å². The summed E-state index contributed by atoms with van der Waals surface area (Å²) in [4.78, 5) is 29.8. The van der Waals surface area contributed by atoms with Gasteiger partial charge >= 0.3 is 0 Å². The number of likely N-dealkylation sites (N-methyl/N-ethyl adjacent to an activating group) is 1. The summed E-state index contributed by atoms with van der Waals surface area (Å²) in [6, 6.07) is 10.2. The molecule has 1 saturated heterocycles. The van der Waals surface area contributed by atoms with Crippen molar-refractivity contribution >= 4 is 22.5 Å². The molecule has 0 bridgehead atoms. The lowest BCUT2D eigenvalue weighted by molar-refractivity contribution is 0.0666. The Hall–Kier alpha value is -4.04. The van der Waals surface area contributed by atoms with E-state index in [4.69, 9.17) is 0 Å². The van der Waals surface area contributed by atoms with E-state index in [1.54, 1.807) is 16.9 Å². The number of nitrogens with one attached hydrogen (secondary N) is 1. The molecule has 1 aliphatic rings. The van der Waals surface area contributed by atoms with Gasteiger partial charge in [-0.05, 0) is 43.8 Å². The van der Waals surface area contributed by atoms with Crippen LogP contribution in [0.25, 0.3) is 38.8 Å². The van der Waals surface area contributed by atoms with Gasteiger partial charge < -0.3 is 14.8 Å². The lowest BCUT2D eigenvalue weighted by atomic mass is 10.0. The highest BCUT2D eigenvalue weighted by Crippen LogP contribution is 2.32. The van der Waals surface area contributed by atoms with Crippen molar-refractivity contribution in [2.45, 2.75) is 6.92 Å². The van der Waals surface area contributed by atoms with Gasteiger partial charge in [-0.25, -0.2) is 9.50 Å². The molecule has 5 aromatic rings. The maximum Gasteiger partial charge on any atom is 0.257 e. The average molecular weight is 452 g/mol. The van der Waals surface area contributed by atoms with Gasteiger partial charge in [-0.1, -0.05) is 6.07 Å². The van der Waals surface area contributed by atoms with Crippen LogP contribution >= 0.6 is 0 Å². The fourth-order valence-corrected chi connectivity index (χ4v) is 4.67. The normalized spacial score (nSPS) is 14.8. The minimum Gasteiger partial charge on any atom is -0.346 e. The molecule has 8 heteroatoms. The van der Waals surface area contributed by atoms with Crippen LogP contribution in [-0.2, 0) is 0 Å². The third-order valence-corrected chi connectivity index (χ3v) is 6.70. The number of amides is 1. The first-order valence-corrected chi connectivity index (χ1v) is 11.4. The Kier molecular flexibility index (Phi) is 4.88. The summed E-state index contributed by atoms with van der Waals surface area (Å²) in [7, 11) is 2.08. The number of H-pyrrole nitrogens is 1. The van der Waals surface area contributed by atoms with Crippen molar-refractivity contribution in [3.05, 3.63) is 72.6 Å². The molecule has 6 rings (SSSR count). The molecule has 0 aromatic carbocycles. The highest BCUT2D eigenvalue weighted by atomic mass is 16.2. The highest BCUT2D eigenvalue weighted by molar-refractivity contribution is 6.02. The van der Waals surface area contributed by atoms with E-state index < -0.39 is 0 Å². The second-order valence-electron chi connectivity index (χ2n) is 8.86. The number of pyridine rings is 3. The molecule has 0 aliphatic carbocycles. The number of fused-ring (bicyclic) bond motifs is 2. The van der Waals surface area contributed by atoms with Gasteiger partial charge in [0.2, 0.25) is 0 Å². The number of carbonyl (C=O) groups is 1. The van der Waals surface area contributed by atoms with Crippen molar-refractivity contribution in [2.24, 2.45) is 0 Å². The van der Waals surface area contributed by atoms with Crippen LogP contribution in [0.15, 0.2) is 61.3 Å². The first kappa shape index (κ1) is 20.6. The standard InChI is InChI=1S/C26H25N7O/c1-17-20(4-3-6-27-17)19-12-21-22(15-29-25(21)28-14-19)18-5-7-33-24(13-18)23(16-30-33)26(34)32-10-8-31(2)9-11-32/h3-7,12-16H,8-11H2,1-2H3,(H,28,29). The fourth-order valence-electron chi connectivity index (χ4n) is 4.67. The number of aromatic nitrogens is 5. The Labute approximate surface area is 196 Å². The van der Waals surface area contributed by atoms with Crippen molar-refractivity contribution in [1.82, 2.24) is 34.4 Å². The summed E-state index contributed by atoms with van der Waals surface area (Å²) in [5.74, 6) is 0.0372. The summed E-state index contributed by atoms with van der Waals surface area (Å²) in [5.41, 5.74) is 7.36. The van der Waals surface area contributed by atoms with E-state index in [1.165, 1.54) is 0 Å². The van der Waals surface area contributed by atoms with Crippen LogP contribution in [0.1, 0.15) is 16.1 Å². The van der Waals surface area contributed by atoms with Crippen LogP contribution in [0.3, 0.4) is 0 Å². The molecule has 1 N–H and O–H groups in total. The number of nitrogens with zero attached hydrogens (tertiary/aromatic N) is 6. The molecule has 0 spiro atoms. The number of piperazine rings is 1. The summed E-state index contributed by atoms with van der Waals surface area (Å²) in [5, 5.41) is 5.45. The average Bonchev–Trinajstić information content (AvgIpc) is 3.48. The van der Waals surface area contributed by atoms with Gasteiger partial charge in [-0.3, -0.25) is 9.78 Å². The van der Waals surface area contributed by atoms with E-state index >= 15 is 0 Å². The van der Waals surface area contributed by atoms with Gasteiger partial charge in [0, 0.05) is 78.7 Å².